The standard InChI is InChI=1S/C12H11F3N4O2/c13-12(14,15)7-3-6(5-16)1-2-9(7)19-11(21)8(17)4-10(18)20/h1-3,8H,4,17H2,(H2,18,20)(H,19,21). The number of carbonyl (C=O) groups is 2. The van der Waals surface area contributed by atoms with Crippen LogP contribution in [0.15, 0.2) is 18.2 Å². The highest BCUT2D eigenvalue weighted by atomic mass is 19.4. The molecule has 0 bridgehead atoms. The van der Waals surface area contributed by atoms with Crippen LogP contribution in [0.5, 0.6) is 0 Å². The van der Waals surface area contributed by atoms with Crippen LogP contribution in [0.3, 0.4) is 0 Å². The second-order valence-electron chi connectivity index (χ2n) is 4.14. The third kappa shape index (κ3) is 4.47. The number of nitrogens with one attached hydrogen (secondary N) is 1. The first-order valence-electron chi connectivity index (χ1n) is 5.61. The molecule has 1 unspecified atom stereocenters. The Labute approximate surface area is 117 Å². The third-order valence-electron chi connectivity index (χ3n) is 2.47. The second-order valence-corrected chi connectivity index (χ2v) is 4.14. The van der Waals surface area contributed by atoms with Crippen LogP contribution in [0, 0.1) is 11.3 Å². The van der Waals surface area contributed by atoms with Crippen molar-refractivity contribution < 1.29 is 22.8 Å². The lowest BCUT2D eigenvalue weighted by Gasteiger charge is -2.16. The summed E-state index contributed by atoms with van der Waals surface area (Å²) in [6.07, 6.45) is -5.26. The molecule has 0 saturated heterocycles. The molecule has 5 N–H and O–H groups in total. The topological polar surface area (TPSA) is 122 Å². The van der Waals surface area contributed by atoms with E-state index in [4.69, 9.17) is 16.7 Å². The SMILES string of the molecule is N#Cc1ccc(NC(=O)C(N)CC(N)=O)c(C(F)(F)F)c1. The Kier molecular flexibility index (Phi) is 4.88. The predicted molar refractivity (Wildman–Crippen MR) is 66.6 cm³/mol. The van der Waals surface area contributed by atoms with Crippen molar-refractivity contribution in [2.24, 2.45) is 11.5 Å². The molecule has 112 valence electrons. The van der Waals surface area contributed by atoms with Crippen molar-refractivity contribution >= 4 is 17.5 Å². The average Bonchev–Trinajstić information content (AvgIpc) is 2.37. The first-order chi connectivity index (χ1) is 9.65. The van der Waals surface area contributed by atoms with E-state index in [0.717, 1.165) is 12.1 Å². The molecule has 0 heterocycles. The lowest BCUT2D eigenvalue weighted by Crippen LogP contribution is -2.39. The Morgan fingerprint density at radius 1 is 1.38 bits per heavy atom. The maximum Gasteiger partial charge on any atom is 0.418 e. The molecule has 1 aromatic carbocycles. The molecule has 0 saturated carbocycles. The number of anilines is 1. The Hall–Kier alpha value is -2.60. The summed E-state index contributed by atoms with van der Waals surface area (Å²) in [5.41, 5.74) is 8.25. The van der Waals surface area contributed by atoms with E-state index >= 15 is 0 Å². The molecule has 0 radical (unpaired) electrons. The summed E-state index contributed by atoms with van der Waals surface area (Å²) in [4.78, 5) is 22.2. The van der Waals surface area contributed by atoms with Gasteiger partial charge in [-0.1, -0.05) is 0 Å². The highest BCUT2D eigenvalue weighted by molar-refractivity contribution is 5.97. The molecular formula is C12H11F3N4O2. The number of amides is 2. The molecule has 1 atom stereocenters. The highest BCUT2D eigenvalue weighted by Crippen LogP contribution is 2.35. The largest absolute Gasteiger partial charge is 0.418 e. The fraction of sp³-hybridized carbons (Fsp3) is 0.250. The van der Waals surface area contributed by atoms with Gasteiger partial charge in [-0.15, -0.1) is 0 Å². The van der Waals surface area contributed by atoms with E-state index in [1.807, 2.05) is 5.32 Å². The summed E-state index contributed by atoms with van der Waals surface area (Å²) in [6.45, 7) is 0. The van der Waals surface area contributed by atoms with Gasteiger partial charge in [-0.2, -0.15) is 18.4 Å². The zero-order valence-electron chi connectivity index (χ0n) is 10.6. The van der Waals surface area contributed by atoms with Gasteiger partial charge in [0.15, 0.2) is 0 Å². The summed E-state index contributed by atoms with van der Waals surface area (Å²) in [7, 11) is 0. The van der Waals surface area contributed by atoms with Crippen LogP contribution in [-0.2, 0) is 15.8 Å². The van der Waals surface area contributed by atoms with E-state index < -0.39 is 41.7 Å². The molecule has 1 aromatic rings. The Balaban J connectivity index is 3.06. The normalized spacial score (nSPS) is 12.3. The van der Waals surface area contributed by atoms with E-state index in [9.17, 15) is 22.8 Å². The number of carbonyl (C=O) groups excluding carboxylic acids is 2. The third-order valence-corrected chi connectivity index (χ3v) is 2.47. The number of nitrogens with two attached hydrogens (primary N) is 2. The van der Waals surface area contributed by atoms with Gasteiger partial charge >= 0.3 is 6.18 Å². The Bertz CT molecular complexity index is 608. The molecule has 9 heteroatoms. The lowest BCUT2D eigenvalue weighted by atomic mass is 10.1. The van der Waals surface area contributed by atoms with Crippen molar-refractivity contribution in [2.75, 3.05) is 5.32 Å². The highest BCUT2D eigenvalue weighted by Gasteiger charge is 2.34. The molecule has 1 rings (SSSR count). The molecule has 0 aliphatic rings. The van der Waals surface area contributed by atoms with Gasteiger partial charge in [0.25, 0.3) is 0 Å². The minimum Gasteiger partial charge on any atom is -0.370 e. The quantitative estimate of drug-likeness (QED) is 0.758. The van der Waals surface area contributed by atoms with Crippen LogP contribution < -0.4 is 16.8 Å². The van der Waals surface area contributed by atoms with Crippen LogP contribution >= 0.6 is 0 Å². The first-order valence-corrected chi connectivity index (χ1v) is 5.61. The number of halogens is 3. The molecular weight excluding hydrogens is 289 g/mol. The number of nitrogens with zero attached hydrogens (tertiary/aromatic N) is 1. The van der Waals surface area contributed by atoms with E-state index in [1.54, 1.807) is 6.07 Å². The van der Waals surface area contributed by atoms with Crippen LogP contribution in [0.4, 0.5) is 18.9 Å². The van der Waals surface area contributed by atoms with E-state index in [0.29, 0.717) is 6.07 Å². The van der Waals surface area contributed by atoms with Crippen molar-refractivity contribution in [2.45, 2.75) is 18.6 Å². The summed E-state index contributed by atoms with van der Waals surface area (Å²) >= 11 is 0. The monoisotopic (exact) mass is 300 g/mol. The second kappa shape index (κ2) is 6.23. The molecule has 0 fully saturated rings. The number of rotatable bonds is 4. The Morgan fingerprint density at radius 2 is 2.00 bits per heavy atom. The minimum absolute atomic E-state index is 0.207. The smallest absolute Gasteiger partial charge is 0.370 e. The van der Waals surface area contributed by atoms with E-state index in [1.165, 1.54) is 0 Å². The van der Waals surface area contributed by atoms with E-state index in [2.05, 4.69) is 0 Å². The summed E-state index contributed by atoms with van der Waals surface area (Å²) in [6, 6.07) is 2.87. The summed E-state index contributed by atoms with van der Waals surface area (Å²) < 4.78 is 38.6. The number of hydrogen-bond acceptors (Lipinski definition) is 4. The fourth-order valence-corrected chi connectivity index (χ4v) is 1.49. The minimum atomic E-state index is -4.76. The van der Waals surface area contributed by atoms with Crippen molar-refractivity contribution in [3.05, 3.63) is 29.3 Å². The van der Waals surface area contributed by atoms with Crippen molar-refractivity contribution in [1.82, 2.24) is 0 Å². The zero-order valence-corrected chi connectivity index (χ0v) is 10.6. The van der Waals surface area contributed by atoms with Crippen LogP contribution in [-0.4, -0.2) is 17.9 Å². The zero-order chi connectivity index (χ0) is 16.2. The number of primary amides is 1. The van der Waals surface area contributed by atoms with Crippen molar-refractivity contribution in [3.8, 4) is 6.07 Å². The van der Waals surface area contributed by atoms with Gasteiger partial charge < -0.3 is 16.8 Å². The summed E-state index contributed by atoms with van der Waals surface area (Å²) in [5.74, 6) is -1.84. The molecule has 6 nitrogen and oxygen atoms in total. The molecule has 2 amide bonds. The number of alkyl halides is 3. The van der Waals surface area contributed by atoms with Gasteiger partial charge in [-0.05, 0) is 18.2 Å². The van der Waals surface area contributed by atoms with Crippen LogP contribution in [0.25, 0.3) is 0 Å². The number of nitriles is 1. The predicted octanol–water partition coefficient (Wildman–Crippen LogP) is 0.718. The van der Waals surface area contributed by atoms with Gasteiger partial charge in [0, 0.05) is 0 Å². The average molecular weight is 300 g/mol. The van der Waals surface area contributed by atoms with Crippen LogP contribution in [0.2, 0.25) is 0 Å². The molecule has 0 spiro atoms. The van der Waals surface area contributed by atoms with Gasteiger partial charge in [0.1, 0.15) is 0 Å². The molecule has 21 heavy (non-hydrogen) atoms. The van der Waals surface area contributed by atoms with Gasteiger partial charge in [0.2, 0.25) is 11.8 Å². The number of benzene rings is 1. The van der Waals surface area contributed by atoms with Crippen molar-refractivity contribution in [1.29, 1.82) is 5.26 Å². The fourth-order valence-electron chi connectivity index (χ4n) is 1.49. The van der Waals surface area contributed by atoms with Gasteiger partial charge in [0.05, 0.1) is 35.3 Å². The molecule has 0 aliphatic heterocycles. The Morgan fingerprint density at radius 3 is 2.48 bits per heavy atom. The maximum absolute atomic E-state index is 12.9. The number of hydrogen-bond donors (Lipinski definition) is 3. The van der Waals surface area contributed by atoms with Crippen LogP contribution in [0.1, 0.15) is 17.5 Å². The van der Waals surface area contributed by atoms with E-state index in [-0.39, 0.29) is 5.56 Å². The lowest BCUT2D eigenvalue weighted by molar-refractivity contribution is -0.137. The summed E-state index contributed by atoms with van der Waals surface area (Å²) in [5, 5.41) is 10.6. The van der Waals surface area contributed by atoms with Gasteiger partial charge in [-0.25, -0.2) is 0 Å². The van der Waals surface area contributed by atoms with Crippen molar-refractivity contribution in [3.63, 3.8) is 0 Å². The molecule has 0 aliphatic carbocycles. The molecule has 0 aromatic heterocycles. The van der Waals surface area contributed by atoms with Gasteiger partial charge in [-0.3, -0.25) is 9.59 Å². The maximum atomic E-state index is 12.9. The first kappa shape index (κ1) is 16.5.